The average molecular weight is 263 g/mol. The van der Waals surface area contributed by atoms with Crippen LogP contribution in [0, 0.1) is 13.8 Å². The van der Waals surface area contributed by atoms with E-state index in [0.717, 1.165) is 11.1 Å². The topological polar surface area (TPSA) is 37.3 Å². The van der Waals surface area contributed by atoms with Crippen molar-refractivity contribution in [3.05, 3.63) is 34.9 Å². The molecule has 0 atom stereocenters. The van der Waals surface area contributed by atoms with Crippen molar-refractivity contribution in [1.29, 1.82) is 0 Å². The molecule has 0 aliphatic heterocycles. The van der Waals surface area contributed by atoms with Gasteiger partial charge in [-0.1, -0.05) is 17.7 Å². The van der Waals surface area contributed by atoms with E-state index in [1.165, 1.54) is 0 Å². The Morgan fingerprint density at radius 2 is 1.92 bits per heavy atom. The first-order chi connectivity index (χ1) is 5.11. The molecule has 0 heterocycles. The van der Waals surface area contributed by atoms with Gasteiger partial charge < -0.3 is 5.11 Å². The molecule has 0 fully saturated rings. The second-order valence-electron chi connectivity index (χ2n) is 2.62. The third kappa shape index (κ3) is 2.58. The number of carboxylic acid groups (broad SMARTS) is 1. The van der Waals surface area contributed by atoms with E-state index in [-0.39, 0.29) is 27.3 Å². The monoisotopic (exact) mass is 264 g/mol. The fraction of sp³-hybridized carbons (Fsp3) is 0.222. The molecule has 1 N–H and O–H groups in total. The van der Waals surface area contributed by atoms with Gasteiger partial charge in [-0.15, -0.1) is 0 Å². The Balaban J connectivity index is 0.00000121. The Morgan fingerprint density at radius 3 is 2.33 bits per heavy atom. The molecule has 60 valence electrons. The van der Waals surface area contributed by atoms with Crippen LogP contribution in [0.25, 0.3) is 0 Å². The van der Waals surface area contributed by atoms with Crippen LogP contribution in [0.15, 0.2) is 18.2 Å². The van der Waals surface area contributed by atoms with Crippen molar-refractivity contribution in [3.63, 3.8) is 0 Å². The van der Waals surface area contributed by atoms with E-state index in [9.17, 15) is 4.79 Å². The van der Waals surface area contributed by atoms with Crippen LogP contribution in [0.1, 0.15) is 21.5 Å². The Morgan fingerprint density at radius 1 is 1.33 bits per heavy atom. The summed E-state index contributed by atoms with van der Waals surface area (Å²) in [4.78, 5) is 10.6. The van der Waals surface area contributed by atoms with Crippen LogP contribution in [-0.4, -0.2) is 11.1 Å². The Kier molecular flexibility index (Phi) is 4.44. The maximum Gasteiger partial charge on any atom is 0.335 e. The van der Waals surface area contributed by atoms with Crippen LogP contribution >= 0.6 is 0 Å². The number of hydrogen-bond donors (Lipinski definition) is 1. The Labute approximate surface area is 91.8 Å². The molecule has 1 aromatic carbocycles. The van der Waals surface area contributed by atoms with Gasteiger partial charge in [-0.2, -0.15) is 0 Å². The number of aromatic carboxylic acids is 1. The van der Waals surface area contributed by atoms with Crippen LogP contribution in [-0.2, 0) is 27.3 Å². The van der Waals surface area contributed by atoms with Crippen molar-refractivity contribution >= 4 is 5.97 Å². The second kappa shape index (κ2) is 4.59. The number of hydrogen-bond acceptors (Lipinski definition) is 1. The number of aryl methyl sites for hydroxylation is 2. The van der Waals surface area contributed by atoms with Crippen LogP contribution in [0.4, 0.5) is 0 Å². The molecule has 0 saturated carbocycles. The summed E-state index contributed by atoms with van der Waals surface area (Å²) in [6.07, 6.45) is 0. The zero-order valence-corrected chi connectivity index (χ0v) is 11.3. The molecule has 1 rings (SSSR count). The van der Waals surface area contributed by atoms with Gasteiger partial charge in [-0.05, 0) is 25.5 Å². The van der Waals surface area contributed by atoms with Crippen molar-refractivity contribution in [3.8, 4) is 0 Å². The largest absolute Gasteiger partial charge is 0.478 e. The van der Waals surface area contributed by atoms with Gasteiger partial charge in [-0.3, -0.25) is 0 Å². The van der Waals surface area contributed by atoms with Crippen molar-refractivity contribution < 1.29 is 37.2 Å². The number of benzene rings is 1. The van der Waals surface area contributed by atoms with Gasteiger partial charge in [0, 0.05) is 27.3 Å². The molecule has 0 aromatic heterocycles. The molecular weight excluding hydrogens is 253 g/mol. The molecule has 0 unspecified atom stereocenters. The van der Waals surface area contributed by atoms with Crippen molar-refractivity contribution in [1.82, 2.24) is 0 Å². The minimum Gasteiger partial charge on any atom is -0.478 e. The predicted octanol–water partition coefficient (Wildman–Crippen LogP) is 2.00. The minimum atomic E-state index is -0.855. The standard InChI is InChI=1S/C9H10O2.Cd/c1-6-3-4-7(2)8(5-6)9(10)11;/h3-5H,1-2H3,(H,10,11);. The third-order valence-corrected chi connectivity index (χ3v) is 1.62. The zero-order valence-electron chi connectivity index (χ0n) is 7.29. The first kappa shape index (κ1) is 11.6. The number of carbonyl (C=O) groups is 1. The molecule has 0 aliphatic rings. The van der Waals surface area contributed by atoms with Gasteiger partial charge in [0.15, 0.2) is 0 Å². The number of rotatable bonds is 1. The van der Waals surface area contributed by atoms with Crippen LogP contribution in [0.3, 0.4) is 0 Å². The van der Waals surface area contributed by atoms with Gasteiger partial charge in [0.25, 0.3) is 0 Å². The molecule has 3 heteroatoms. The normalized spacial score (nSPS) is 8.83. The third-order valence-electron chi connectivity index (χ3n) is 1.62. The fourth-order valence-corrected chi connectivity index (χ4v) is 0.966. The summed E-state index contributed by atoms with van der Waals surface area (Å²) in [5, 5.41) is 8.69. The SMILES string of the molecule is Cc1ccc(C)c(C(=O)O)c1.[Cd]. The van der Waals surface area contributed by atoms with E-state index in [1.807, 2.05) is 19.1 Å². The van der Waals surface area contributed by atoms with Gasteiger partial charge in [-0.25, -0.2) is 4.79 Å². The molecular formula is C9H10CdO2. The predicted molar refractivity (Wildman–Crippen MR) is 42.9 cm³/mol. The summed E-state index contributed by atoms with van der Waals surface area (Å²) in [7, 11) is 0. The van der Waals surface area contributed by atoms with Gasteiger partial charge >= 0.3 is 5.97 Å². The van der Waals surface area contributed by atoms with Crippen molar-refractivity contribution in [2.45, 2.75) is 13.8 Å². The van der Waals surface area contributed by atoms with Crippen LogP contribution in [0.2, 0.25) is 0 Å². The van der Waals surface area contributed by atoms with Gasteiger partial charge in [0.1, 0.15) is 0 Å². The van der Waals surface area contributed by atoms with E-state index in [1.54, 1.807) is 13.0 Å². The van der Waals surface area contributed by atoms with E-state index in [0.29, 0.717) is 5.56 Å². The minimum absolute atomic E-state index is 0. The zero-order chi connectivity index (χ0) is 8.43. The summed E-state index contributed by atoms with van der Waals surface area (Å²) in [6.45, 7) is 3.68. The first-order valence-electron chi connectivity index (χ1n) is 3.42. The maximum absolute atomic E-state index is 10.6. The summed E-state index contributed by atoms with van der Waals surface area (Å²) in [6, 6.07) is 5.40. The molecule has 0 saturated heterocycles. The average Bonchev–Trinajstić information content (AvgIpc) is 1.94. The summed E-state index contributed by atoms with van der Waals surface area (Å²) in [5.74, 6) is -0.855. The summed E-state index contributed by atoms with van der Waals surface area (Å²) in [5.41, 5.74) is 2.18. The first-order valence-corrected chi connectivity index (χ1v) is 3.42. The van der Waals surface area contributed by atoms with Crippen molar-refractivity contribution in [2.75, 3.05) is 0 Å². The van der Waals surface area contributed by atoms with E-state index >= 15 is 0 Å². The van der Waals surface area contributed by atoms with Crippen LogP contribution < -0.4 is 0 Å². The summed E-state index contributed by atoms with van der Waals surface area (Å²) < 4.78 is 0. The van der Waals surface area contributed by atoms with E-state index in [4.69, 9.17) is 5.11 Å². The Hall–Kier alpha value is -0.388. The molecule has 2 nitrogen and oxygen atoms in total. The van der Waals surface area contributed by atoms with Crippen LogP contribution in [0.5, 0.6) is 0 Å². The Bertz CT molecular complexity index is 295. The maximum atomic E-state index is 10.6. The molecule has 0 amide bonds. The second-order valence-corrected chi connectivity index (χ2v) is 2.62. The molecule has 12 heavy (non-hydrogen) atoms. The van der Waals surface area contributed by atoms with Crippen molar-refractivity contribution in [2.24, 2.45) is 0 Å². The molecule has 0 aliphatic carbocycles. The summed E-state index contributed by atoms with van der Waals surface area (Å²) >= 11 is 0. The smallest absolute Gasteiger partial charge is 0.335 e. The number of carboxylic acids is 1. The van der Waals surface area contributed by atoms with E-state index in [2.05, 4.69) is 0 Å². The van der Waals surface area contributed by atoms with Gasteiger partial charge in [0.05, 0.1) is 5.56 Å². The molecule has 0 bridgehead atoms. The molecule has 0 spiro atoms. The molecule has 1 aromatic rings. The van der Waals surface area contributed by atoms with E-state index < -0.39 is 5.97 Å². The quantitative estimate of drug-likeness (QED) is 0.786. The molecule has 0 radical (unpaired) electrons. The fourth-order valence-electron chi connectivity index (χ4n) is 0.966. The van der Waals surface area contributed by atoms with Gasteiger partial charge in [0.2, 0.25) is 0 Å².